The SMILES string of the molecule is CCOC1C/C(=C/CN=[N+]=[N-])CO1. The molecule has 0 aromatic rings. The lowest BCUT2D eigenvalue weighted by Gasteiger charge is -2.06. The molecule has 0 spiro atoms. The number of rotatable bonds is 4. The van der Waals surface area contributed by atoms with E-state index < -0.39 is 0 Å². The van der Waals surface area contributed by atoms with E-state index in [1.54, 1.807) is 0 Å². The van der Waals surface area contributed by atoms with Gasteiger partial charge in [-0.1, -0.05) is 11.2 Å². The van der Waals surface area contributed by atoms with Gasteiger partial charge in [0.05, 0.1) is 6.61 Å². The fourth-order valence-corrected chi connectivity index (χ4v) is 1.17. The van der Waals surface area contributed by atoms with Gasteiger partial charge in [-0.25, -0.2) is 0 Å². The average Bonchev–Trinajstić information content (AvgIpc) is 2.54. The Kier molecular flexibility index (Phi) is 4.32. The van der Waals surface area contributed by atoms with Crippen molar-refractivity contribution in [1.29, 1.82) is 0 Å². The first-order valence-electron chi connectivity index (χ1n) is 4.28. The Morgan fingerprint density at radius 3 is 3.38 bits per heavy atom. The van der Waals surface area contributed by atoms with E-state index in [0.29, 0.717) is 19.8 Å². The summed E-state index contributed by atoms with van der Waals surface area (Å²) < 4.78 is 10.6. The van der Waals surface area contributed by atoms with Gasteiger partial charge in [0.25, 0.3) is 0 Å². The molecule has 0 saturated carbocycles. The van der Waals surface area contributed by atoms with E-state index in [1.807, 2.05) is 13.0 Å². The first-order chi connectivity index (χ1) is 6.36. The van der Waals surface area contributed by atoms with Gasteiger partial charge in [0, 0.05) is 24.5 Å². The Labute approximate surface area is 77.0 Å². The highest BCUT2D eigenvalue weighted by Crippen LogP contribution is 2.19. The molecular weight excluding hydrogens is 170 g/mol. The standard InChI is InChI=1S/C8H13N3O2/c1-2-12-8-5-7(6-13-8)3-4-10-11-9/h3,8H,2,4-6H2,1H3/b7-3-. The Bertz CT molecular complexity index is 234. The van der Waals surface area contributed by atoms with E-state index in [0.717, 1.165) is 12.0 Å². The molecule has 1 heterocycles. The Morgan fingerprint density at radius 1 is 1.85 bits per heavy atom. The predicted octanol–water partition coefficient (Wildman–Crippen LogP) is 2.01. The average molecular weight is 183 g/mol. The Morgan fingerprint density at radius 2 is 2.69 bits per heavy atom. The Balaban J connectivity index is 2.31. The highest BCUT2D eigenvalue weighted by molar-refractivity contribution is 5.07. The van der Waals surface area contributed by atoms with E-state index in [1.165, 1.54) is 0 Å². The van der Waals surface area contributed by atoms with Crippen LogP contribution in [0.3, 0.4) is 0 Å². The summed E-state index contributed by atoms with van der Waals surface area (Å²) in [5.41, 5.74) is 9.19. The second kappa shape index (κ2) is 5.59. The number of hydrogen-bond donors (Lipinski definition) is 0. The number of hydrogen-bond acceptors (Lipinski definition) is 3. The van der Waals surface area contributed by atoms with Crippen LogP contribution in [-0.4, -0.2) is 26.0 Å². The summed E-state index contributed by atoms with van der Waals surface area (Å²) in [6, 6.07) is 0. The number of ether oxygens (including phenoxy) is 2. The van der Waals surface area contributed by atoms with Gasteiger partial charge < -0.3 is 9.47 Å². The molecule has 1 atom stereocenters. The highest BCUT2D eigenvalue weighted by atomic mass is 16.7. The molecule has 5 nitrogen and oxygen atoms in total. The molecule has 0 aliphatic carbocycles. The van der Waals surface area contributed by atoms with Crippen LogP contribution in [0.2, 0.25) is 0 Å². The molecule has 0 aromatic carbocycles. The predicted molar refractivity (Wildman–Crippen MR) is 48.1 cm³/mol. The molecule has 1 fully saturated rings. The molecule has 1 rings (SSSR count). The largest absolute Gasteiger partial charge is 0.353 e. The monoisotopic (exact) mass is 183 g/mol. The molecule has 0 amide bonds. The molecule has 0 aromatic heterocycles. The van der Waals surface area contributed by atoms with Crippen molar-refractivity contribution in [2.45, 2.75) is 19.6 Å². The maximum Gasteiger partial charge on any atom is 0.161 e. The lowest BCUT2D eigenvalue weighted by atomic mass is 10.2. The maximum absolute atomic E-state index is 8.05. The normalized spacial score (nSPS) is 24.7. The fraction of sp³-hybridized carbons (Fsp3) is 0.750. The van der Waals surface area contributed by atoms with Crippen LogP contribution in [0.1, 0.15) is 13.3 Å². The highest BCUT2D eigenvalue weighted by Gasteiger charge is 2.19. The zero-order valence-corrected chi connectivity index (χ0v) is 7.64. The minimum atomic E-state index is -0.109. The van der Waals surface area contributed by atoms with Gasteiger partial charge >= 0.3 is 0 Å². The molecule has 13 heavy (non-hydrogen) atoms. The minimum absolute atomic E-state index is 0.109. The molecule has 1 unspecified atom stereocenters. The van der Waals surface area contributed by atoms with E-state index in [2.05, 4.69) is 10.0 Å². The van der Waals surface area contributed by atoms with Crippen LogP contribution in [0, 0.1) is 0 Å². The Hall–Kier alpha value is -1.03. The topological polar surface area (TPSA) is 67.2 Å². The molecule has 5 heteroatoms. The summed E-state index contributed by atoms with van der Waals surface area (Å²) in [6.45, 7) is 3.58. The molecule has 1 saturated heterocycles. The van der Waals surface area contributed by atoms with Crippen molar-refractivity contribution in [2.75, 3.05) is 19.8 Å². The van der Waals surface area contributed by atoms with Crippen molar-refractivity contribution in [3.8, 4) is 0 Å². The molecular formula is C8H13N3O2. The van der Waals surface area contributed by atoms with Crippen molar-refractivity contribution in [2.24, 2.45) is 5.11 Å². The second-order valence-electron chi connectivity index (χ2n) is 2.68. The van der Waals surface area contributed by atoms with Gasteiger partial charge in [-0.3, -0.25) is 0 Å². The summed E-state index contributed by atoms with van der Waals surface area (Å²) in [4.78, 5) is 2.66. The third kappa shape index (κ3) is 3.46. The van der Waals surface area contributed by atoms with Gasteiger partial charge in [-0.2, -0.15) is 0 Å². The quantitative estimate of drug-likeness (QED) is 0.289. The molecule has 0 N–H and O–H groups in total. The maximum atomic E-state index is 8.05. The molecule has 1 aliphatic heterocycles. The van der Waals surface area contributed by atoms with Crippen molar-refractivity contribution >= 4 is 0 Å². The zero-order chi connectivity index (χ0) is 9.52. The number of nitrogens with zero attached hydrogens (tertiary/aromatic N) is 3. The smallest absolute Gasteiger partial charge is 0.161 e. The van der Waals surface area contributed by atoms with E-state index >= 15 is 0 Å². The number of azide groups is 1. The van der Waals surface area contributed by atoms with Crippen LogP contribution in [0.4, 0.5) is 0 Å². The zero-order valence-electron chi connectivity index (χ0n) is 7.64. The van der Waals surface area contributed by atoms with Gasteiger partial charge in [0.2, 0.25) is 0 Å². The van der Waals surface area contributed by atoms with Crippen molar-refractivity contribution in [1.82, 2.24) is 0 Å². The lowest BCUT2D eigenvalue weighted by Crippen LogP contribution is -2.09. The summed E-state index contributed by atoms with van der Waals surface area (Å²) in [5.74, 6) is 0. The molecule has 1 aliphatic rings. The lowest BCUT2D eigenvalue weighted by molar-refractivity contribution is -0.106. The van der Waals surface area contributed by atoms with Gasteiger partial charge in [0.1, 0.15) is 0 Å². The summed E-state index contributed by atoms with van der Waals surface area (Å²) >= 11 is 0. The van der Waals surface area contributed by atoms with Crippen LogP contribution < -0.4 is 0 Å². The van der Waals surface area contributed by atoms with Crippen molar-refractivity contribution in [3.63, 3.8) is 0 Å². The van der Waals surface area contributed by atoms with Crippen LogP contribution in [0.15, 0.2) is 16.8 Å². The third-order valence-electron chi connectivity index (χ3n) is 1.76. The van der Waals surface area contributed by atoms with E-state index in [-0.39, 0.29) is 6.29 Å². The van der Waals surface area contributed by atoms with Gasteiger partial charge in [-0.15, -0.1) is 0 Å². The van der Waals surface area contributed by atoms with E-state index in [9.17, 15) is 0 Å². The van der Waals surface area contributed by atoms with Gasteiger partial charge in [-0.05, 0) is 18.0 Å². The fourth-order valence-electron chi connectivity index (χ4n) is 1.17. The van der Waals surface area contributed by atoms with Crippen LogP contribution in [0.5, 0.6) is 0 Å². The first kappa shape index (κ1) is 10.1. The van der Waals surface area contributed by atoms with Crippen LogP contribution in [-0.2, 0) is 9.47 Å². The molecule has 72 valence electrons. The second-order valence-corrected chi connectivity index (χ2v) is 2.68. The molecule has 0 radical (unpaired) electrons. The minimum Gasteiger partial charge on any atom is -0.353 e. The first-order valence-corrected chi connectivity index (χ1v) is 4.28. The van der Waals surface area contributed by atoms with Crippen molar-refractivity contribution in [3.05, 3.63) is 22.1 Å². The van der Waals surface area contributed by atoms with Crippen LogP contribution in [0.25, 0.3) is 10.4 Å². The summed E-state index contributed by atoms with van der Waals surface area (Å²) in [7, 11) is 0. The van der Waals surface area contributed by atoms with E-state index in [4.69, 9.17) is 15.0 Å². The summed E-state index contributed by atoms with van der Waals surface area (Å²) in [6.07, 6.45) is 2.57. The third-order valence-corrected chi connectivity index (χ3v) is 1.76. The van der Waals surface area contributed by atoms with Crippen molar-refractivity contribution < 1.29 is 9.47 Å². The van der Waals surface area contributed by atoms with Gasteiger partial charge in [0.15, 0.2) is 6.29 Å². The molecule has 0 bridgehead atoms. The van der Waals surface area contributed by atoms with Crippen LogP contribution >= 0.6 is 0 Å². The summed E-state index contributed by atoms with van der Waals surface area (Å²) in [5, 5.41) is 3.41.